The summed E-state index contributed by atoms with van der Waals surface area (Å²) in [4.78, 5) is 6.96. The van der Waals surface area contributed by atoms with Gasteiger partial charge in [-0.25, -0.2) is 13.4 Å². The van der Waals surface area contributed by atoms with Crippen molar-refractivity contribution in [2.75, 3.05) is 48.5 Å². The molecule has 0 bridgehead atoms. The van der Waals surface area contributed by atoms with E-state index in [1.165, 1.54) is 23.8 Å². The maximum absolute atomic E-state index is 13.6. The monoisotopic (exact) mass is 631 g/mol. The first-order valence-electron chi connectivity index (χ1n) is 13.6. The molecule has 0 atom stereocenters. The van der Waals surface area contributed by atoms with E-state index in [2.05, 4.69) is 32.4 Å². The number of anilines is 3. The Kier molecular flexibility index (Phi) is 8.80. The third-order valence-corrected chi connectivity index (χ3v) is 9.33. The Labute approximate surface area is 252 Å². The van der Waals surface area contributed by atoms with Crippen LogP contribution >= 0.6 is 11.3 Å². The van der Waals surface area contributed by atoms with Crippen LogP contribution in [0.3, 0.4) is 0 Å². The van der Waals surface area contributed by atoms with Crippen LogP contribution < -0.4 is 20.3 Å². The molecule has 2 aromatic carbocycles. The SMILES string of the molecule is COc1cc(S(C)(=O)=O)ccc1NCC#Cc1cc2c(NC3CCN(c4nc(C)cs4)CC3)cccc2n1CC(F)(F)F. The van der Waals surface area contributed by atoms with Crippen LogP contribution in [-0.2, 0) is 16.4 Å². The zero-order valence-corrected chi connectivity index (χ0v) is 25.6. The van der Waals surface area contributed by atoms with Crippen LogP contribution in [-0.4, -0.2) is 63.2 Å². The lowest BCUT2D eigenvalue weighted by Gasteiger charge is -2.32. The summed E-state index contributed by atoms with van der Waals surface area (Å²) in [5.74, 6) is 6.12. The average molecular weight is 632 g/mol. The molecule has 0 spiro atoms. The van der Waals surface area contributed by atoms with Crippen molar-refractivity contribution in [1.82, 2.24) is 9.55 Å². The van der Waals surface area contributed by atoms with Crippen molar-refractivity contribution in [3.05, 3.63) is 59.2 Å². The molecule has 43 heavy (non-hydrogen) atoms. The number of thiazole rings is 1. The van der Waals surface area contributed by atoms with Gasteiger partial charge in [0, 0.05) is 47.9 Å². The Hall–Kier alpha value is -3.89. The van der Waals surface area contributed by atoms with E-state index in [9.17, 15) is 21.6 Å². The standard InChI is InChI=1S/C30H32F3N5O3S2/c1-20-18-42-29(35-20)37-14-11-21(12-15-37)36-25-7-4-8-27-24(25)16-22(38(27)19-30(31,32)33)6-5-13-34-26-10-9-23(43(3,39)40)17-28(26)41-2/h4,7-10,16-18,21,34,36H,11-15,19H2,1-3H3. The number of halogens is 3. The molecule has 1 aliphatic rings. The van der Waals surface area contributed by atoms with E-state index in [1.54, 1.807) is 35.6 Å². The zero-order chi connectivity index (χ0) is 30.8. The maximum Gasteiger partial charge on any atom is 0.406 e. The number of nitrogens with zero attached hydrogens (tertiary/aromatic N) is 3. The fraction of sp³-hybridized carbons (Fsp3) is 0.367. The molecular formula is C30H32F3N5O3S2. The van der Waals surface area contributed by atoms with Crippen LogP contribution in [0.5, 0.6) is 5.75 Å². The number of hydrogen-bond acceptors (Lipinski definition) is 8. The average Bonchev–Trinajstić information content (AvgIpc) is 3.54. The second-order valence-electron chi connectivity index (χ2n) is 10.4. The maximum atomic E-state index is 13.6. The molecule has 13 heteroatoms. The quantitative estimate of drug-likeness (QED) is 0.233. The van der Waals surface area contributed by atoms with Gasteiger partial charge >= 0.3 is 6.18 Å². The first-order chi connectivity index (χ1) is 20.4. The van der Waals surface area contributed by atoms with Gasteiger partial charge in [0.15, 0.2) is 15.0 Å². The molecule has 8 nitrogen and oxygen atoms in total. The molecule has 1 saturated heterocycles. The number of aryl methyl sites for hydroxylation is 1. The largest absolute Gasteiger partial charge is 0.495 e. The molecule has 228 valence electrons. The highest BCUT2D eigenvalue weighted by atomic mass is 32.2. The molecular weight excluding hydrogens is 599 g/mol. The van der Waals surface area contributed by atoms with Crippen molar-refractivity contribution < 1.29 is 26.3 Å². The number of aromatic nitrogens is 2. The molecule has 1 aliphatic heterocycles. The number of alkyl halides is 3. The van der Waals surface area contributed by atoms with Gasteiger partial charge in [-0.3, -0.25) is 0 Å². The number of sulfone groups is 1. The van der Waals surface area contributed by atoms with E-state index >= 15 is 0 Å². The third-order valence-electron chi connectivity index (χ3n) is 7.20. The molecule has 2 aromatic heterocycles. The Balaban J connectivity index is 1.34. The Morgan fingerprint density at radius 3 is 2.56 bits per heavy atom. The van der Waals surface area contributed by atoms with Gasteiger partial charge in [0.1, 0.15) is 12.3 Å². The highest BCUT2D eigenvalue weighted by molar-refractivity contribution is 7.90. The number of rotatable bonds is 8. The van der Waals surface area contributed by atoms with Crippen LogP contribution in [0.4, 0.5) is 29.7 Å². The second kappa shape index (κ2) is 12.4. The number of nitrogens with one attached hydrogen (secondary N) is 2. The van der Waals surface area contributed by atoms with Gasteiger partial charge in [-0.2, -0.15) is 13.2 Å². The van der Waals surface area contributed by atoms with Gasteiger partial charge in [0.05, 0.1) is 41.1 Å². The molecule has 0 aliphatic carbocycles. The van der Waals surface area contributed by atoms with Gasteiger partial charge in [-0.15, -0.1) is 11.3 Å². The van der Waals surface area contributed by atoms with E-state index < -0.39 is 22.6 Å². The van der Waals surface area contributed by atoms with Gasteiger partial charge in [-0.1, -0.05) is 12.0 Å². The van der Waals surface area contributed by atoms with Gasteiger partial charge in [0.2, 0.25) is 0 Å². The molecule has 0 amide bonds. The van der Waals surface area contributed by atoms with Crippen molar-refractivity contribution in [2.24, 2.45) is 0 Å². The third kappa shape index (κ3) is 7.37. The molecule has 2 N–H and O–H groups in total. The van der Waals surface area contributed by atoms with Crippen LogP contribution in [0.1, 0.15) is 24.2 Å². The fourth-order valence-corrected chi connectivity index (χ4v) is 6.60. The molecule has 3 heterocycles. The molecule has 0 radical (unpaired) electrons. The highest BCUT2D eigenvalue weighted by Crippen LogP contribution is 2.32. The smallest absolute Gasteiger partial charge is 0.406 e. The predicted octanol–water partition coefficient (Wildman–Crippen LogP) is 5.93. The van der Waals surface area contributed by atoms with Gasteiger partial charge in [0.25, 0.3) is 0 Å². The molecule has 0 unspecified atom stereocenters. The van der Waals surface area contributed by atoms with Crippen molar-refractivity contribution in [2.45, 2.75) is 43.4 Å². The van der Waals surface area contributed by atoms with Crippen LogP contribution in [0.2, 0.25) is 0 Å². The lowest BCUT2D eigenvalue weighted by Crippen LogP contribution is -2.39. The van der Waals surface area contributed by atoms with Gasteiger partial charge < -0.3 is 24.8 Å². The molecule has 1 fully saturated rings. The Morgan fingerprint density at radius 2 is 1.91 bits per heavy atom. The minimum atomic E-state index is -4.43. The lowest BCUT2D eigenvalue weighted by atomic mass is 10.0. The summed E-state index contributed by atoms with van der Waals surface area (Å²) in [7, 11) is -1.99. The normalized spacial score (nSPS) is 14.4. The predicted molar refractivity (Wildman–Crippen MR) is 165 cm³/mol. The van der Waals surface area contributed by atoms with E-state index in [0.717, 1.165) is 48.7 Å². The summed E-state index contributed by atoms with van der Waals surface area (Å²) in [6.45, 7) is 2.62. The fourth-order valence-electron chi connectivity index (χ4n) is 5.11. The number of methoxy groups -OCH3 is 1. The number of benzene rings is 2. The first-order valence-corrected chi connectivity index (χ1v) is 16.4. The summed E-state index contributed by atoms with van der Waals surface area (Å²) in [6.07, 6.45) is -1.56. The van der Waals surface area contributed by atoms with E-state index in [1.807, 2.05) is 18.4 Å². The number of hydrogen-bond donors (Lipinski definition) is 2. The molecule has 0 saturated carbocycles. The number of ether oxygens (including phenoxy) is 1. The summed E-state index contributed by atoms with van der Waals surface area (Å²) in [5.41, 5.74) is 3.00. The minimum absolute atomic E-state index is 0.102. The zero-order valence-electron chi connectivity index (χ0n) is 24.0. The van der Waals surface area contributed by atoms with Crippen LogP contribution in [0, 0.1) is 18.8 Å². The van der Waals surface area contributed by atoms with Crippen molar-refractivity contribution in [3.8, 4) is 17.6 Å². The molecule has 4 aromatic rings. The summed E-state index contributed by atoms with van der Waals surface area (Å²) < 4.78 is 71.1. The first kappa shape index (κ1) is 30.6. The highest BCUT2D eigenvalue weighted by Gasteiger charge is 2.30. The van der Waals surface area contributed by atoms with E-state index in [4.69, 9.17) is 4.74 Å². The van der Waals surface area contributed by atoms with E-state index in [-0.39, 0.29) is 23.2 Å². The number of piperidine rings is 1. The Bertz CT molecular complexity index is 1780. The van der Waals surface area contributed by atoms with Crippen molar-refractivity contribution in [1.29, 1.82) is 0 Å². The summed E-state index contributed by atoms with van der Waals surface area (Å²) >= 11 is 1.64. The van der Waals surface area contributed by atoms with Gasteiger partial charge in [-0.05, 0) is 56.0 Å². The lowest BCUT2D eigenvalue weighted by molar-refractivity contribution is -0.140. The summed E-state index contributed by atoms with van der Waals surface area (Å²) in [6, 6.07) is 11.6. The van der Waals surface area contributed by atoms with E-state index in [0.29, 0.717) is 22.3 Å². The van der Waals surface area contributed by atoms with Crippen LogP contribution in [0.15, 0.2) is 52.7 Å². The van der Waals surface area contributed by atoms with Crippen LogP contribution in [0.25, 0.3) is 10.9 Å². The minimum Gasteiger partial charge on any atom is -0.495 e. The topological polar surface area (TPSA) is 88.5 Å². The van der Waals surface area contributed by atoms with Crippen molar-refractivity contribution in [3.63, 3.8) is 0 Å². The van der Waals surface area contributed by atoms with Crippen molar-refractivity contribution >= 4 is 48.6 Å². The Morgan fingerprint density at radius 1 is 1.14 bits per heavy atom. The second-order valence-corrected chi connectivity index (χ2v) is 13.3. The number of fused-ring (bicyclic) bond motifs is 1. The molecule has 5 rings (SSSR count). The summed E-state index contributed by atoms with van der Waals surface area (Å²) in [5, 5.41) is 10.4.